The van der Waals surface area contributed by atoms with Crippen molar-refractivity contribution in [3.63, 3.8) is 0 Å². The maximum atomic E-state index is 6.03. The Hall–Kier alpha value is -1.72. The Morgan fingerprint density at radius 3 is 2.47 bits per heavy atom. The zero-order valence-corrected chi connectivity index (χ0v) is 11.8. The molecule has 0 aliphatic rings. The predicted octanol–water partition coefficient (Wildman–Crippen LogP) is 3.54. The Bertz CT molecular complexity index is 593. The molecular formula is C12H11Cl2N3O2. The second-order valence-electron chi connectivity index (χ2n) is 3.52. The van der Waals surface area contributed by atoms with Crippen molar-refractivity contribution in [1.29, 1.82) is 0 Å². The summed E-state index contributed by atoms with van der Waals surface area (Å²) in [5.74, 6) is 1.65. The van der Waals surface area contributed by atoms with Gasteiger partial charge in [-0.3, -0.25) is 0 Å². The average Bonchev–Trinajstić information content (AvgIpc) is 2.40. The minimum absolute atomic E-state index is 0.157. The van der Waals surface area contributed by atoms with Crippen LogP contribution in [0.1, 0.15) is 0 Å². The Labute approximate surface area is 120 Å². The Morgan fingerprint density at radius 1 is 1.11 bits per heavy atom. The smallest absolute Gasteiger partial charge is 0.224 e. The van der Waals surface area contributed by atoms with Gasteiger partial charge in [0, 0.05) is 18.3 Å². The molecule has 0 spiro atoms. The number of benzene rings is 1. The molecule has 0 aliphatic carbocycles. The molecule has 0 fully saturated rings. The molecule has 1 aromatic heterocycles. The number of anilines is 2. The molecule has 0 radical (unpaired) electrons. The molecule has 100 valence electrons. The van der Waals surface area contributed by atoms with E-state index in [0.29, 0.717) is 28.0 Å². The van der Waals surface area contributed by atoms with Gasteiger partial charge in [0.05, 0.1) is 24.9 Å². The molecule has 1 aromatic carbocycles. The molecule has 0 bridgehead atoms. The van der Waals surface area contributed by atoms with E-state index in [1.165, 1.54) is 0 Å². The second-order valence-corrected chi connectivity index (χ2v) is 4.27. The van der Waals surface area contributed by atoms with Crippen molar-refractivity contribution in [2.75, 3.05) is 19.5 Å². The molecule has 0 amide bonds. The number of ether oxygens (including phenoxy) is 2. The Balaban J connectivity index is 2.38. The van der Waals surface area contributed by atoms with Crippen LogP contribution in [0.25, 0.3) is 0 Å². The molecule has 5 nitrogen and oxygen atoms in total. The number of halogens is 2. The van der Waals surface area contributed by atoms with Crippen molar-refractivity contribution in [1.82, 2.24) is 9.97 Å². The number of rotatable bonds is 4. The van der Waals surface area contributed by atoms with Crippen LogP contribution in [0, 0.1) is 0 Å². The summed E-state index contributed by atoms with van der Waals surface area (Å²) in [6.07, 6.45) is 1.55. The third-order valence-electron chi connectivity index (χ3n) is 2.36. The van der Waals surface area contributed by atoms with Crippen LogP contribution in [-0.2, 0) is 0 Å². The highest BCUT2D eigenvalue weighted by molar-refractivity contribution is 6.32. The average molecular weight is 300 g/mol. The van der Waals surface area contributed by atoms with Crippen LogP contribution in [0.2, 0.25) is 10.3 Å². The lowest BCUT2D eigenvalue weighted by atomic mass is 10.2. The maximum absolute atomic E-state index is 6.03. The van der Waals surface area contributed by atoms with Crippen LogP contribution in [0.3, 0.4) is 0 Å². The highest BCUT2D eigenvalue weighted by Gasteiger charge is 2.10. The van der Waals surface area contributed by atoms with E-state index >= 15 is 0 Å². The van der Waals surface area contributed by atoms with Gasteiger partial charge in [0.25, 0.3) is 0 Å². The fourth-order valence-electron chi connectivity index (χ4n) is 1.50. The third kappa shape index (κ3) is 3.19. The van der Waals surface area contributed by atoms with Gasteiger partial charge in [-0.2, -0.15) is 0 Å². The van der Waals surface area contributed by atoms with Crippen LogP contribution < -0.4 is 14.8 Å². The first-order valence-corrected chi connectivity index (χ1v) is 6.06. The second kappa shape index (κ2) is 5.95. The Kier molecular flexibility index (Phi) is 4.29. The van der Waals surface area contributed by atoms with Crippen molar-refractivity contribution in [3.8, 4) is 11.5 Å². The summed E-state index contributed by atoms with van der Waals surface area (Å²) in [6.45, 7) is 0. The Morgan fingerprint density at radius 2 is 1.84 bits per heavy atom. The highest BCUT2D eigenvalue weighted by atomic mass is 35.5. The minimum Gasteiger partial charge on any atom is -0.495 e. The van der Waals surface area contributed by atoms with Crippen molar-refractivity contribution in [2.24, 2.45) is 0 Å². The van der Waals surface area contributed by atoms with Crippen LogP contribution >= 0.6 is 23.2 Å². The van der Waals surface area contributed by atoms with Gasteiger partial charge in [0.1, 0.15) is 17.3 Å². The van der Waals surface area contributed by atoms with Crippen molar-refractivity contribution >= 4 is 34.7 Å². The van der Waals surface area contributed by atoms with E-state index in [1.54, 1.807) is 38.6 Å². The number of hydrogen-bond acceptors (Lipinski definition) is 5. The molecular weight excluding hydrogens is 289 g/mol. The summed E-state index contributed by atoms with van der Waals surface area (Å²) >= 11 is 11.8. The fourth-order valence-corrected chi connectivity index (χ4v) is 1.88. The summed E-state index contributed by atoms with van der Waals surface area (Å²) in [5.41, 5.74) is 0.665. The first-order chi connectivity index (χ1) is 9.13. The van der Waals surface area contributed by atoms with Gasteiger partial charge in [-0.15, -0.1) is 0 Å². The largest absolute Gasteiger partial charge is 0.495 e. The van der Waals surface area contributed by atoms with Crippen molar-refractivity contribution in [2.45, 2.75) is 0 Å². The molecule has 0 aliphatic heterocycles. The van der Waals surface area contributed by atoms with E-state index < -0.39 is 0 Å². The fraction of sp³-hybridized carbons (Fsp3) is 0.167. The maximum Gasteiger partial charge on any atom is 0.224 e. The van der Waals surface area contributed by atoms with E-state index in [4.69, 9.17) is 32.7 Å². The molecule has 19 heavy (non-hydrogen) atoms. The first kappa shape index (κ1) is 13.7. The lowest BCUT2D eigenvalue weighted by molar-refractivity contribution is 0.405. The molecule has 0 unspecified atom stereocenters. The molecule has 2 rings (SSSR count). The summed E-state index contributed by atoms with van der Waals surface area (Å²) < 4.78 is 10.4. The van der Waals surface area contributed by atoms with Gasteiger partial charge >= 0.3 is 0 Å². The zero-order valence-electron chi connectivity index (χ0n) is 10.3. The number of hydrogen-bond donors (Lipinski definition) is 1. The van der Waals surface area contributed by atoms with Gasteiger partial charge in [-0.05, 0) is 17.7 Å². The molecule has 1 N–H and O–H groups in total. The van der Waals surface area contributed by atoms with E-state index in [-0.39, 0.29) is 5.28 Å². The third-order valence-corrected chi connectivity index (χ3v) is 2.84. The lowest BCUT2D eigenvalue weighted by Crippen LogP contribution is -1.98. The van der Waals surface area contributed by atoms with E-state index in [9.17, 15) is 0 Å². The number of methoxy groups -OCH3 is 2. The molecule has 2 aromatic rings. The lowest BCUT2D eigenvalue weighted by Gasteiger charge is -2.13. The van der Waals surface area contributed by atoms with E-state index in [1.807, 2.05) is 0 Å². The van der Waals surface area contributed by atoms with Crippen LogP contribution in [0.5, 0.6) is 11.5 Å². The normalized spacial score (nSPS) is 10.1. The van der Waals surface area contributed by atoms with E-state index in [0.717, 1.165) is 0 Å². The number of nitrogens with one attached hydrogen (secondary N) is 1. The summed E-state index contributed by atoms with van der Waals surface area (Å²) in [6, 6.07) is 5.06. The SMILES string of the molecule is COc1cc(Nc2ccnc(Cl)n2)c(OC)cc1Cl. The molecule has 0 saturated carbocycles. The molecule has 1 heterocycles. The first-order valence-electron chi connectivity index (χ1n) is 5.31. The van der Waals surface area contributed by atoms with Gasteiger partial charge < -0.3 is 14.8 Å². The molecule has 7 heteroatoms. The minimum atomic E-state index is 0.157. The predicted molar refractivity (Wildman–Crippen MR) is 74.9 cm³/mol. The summed E-state index contributed by atoms with van der Waals surface area (Å²) in [5, 5.41) is 3.69. The van der Waals surface area contributed by atoms with Crippen molar-refractivity contribution < 1.29 is 9.47 Å². The van der Waals surface area contributed by atoms with Crippen LogP contribution in [0.15, 0.2) is 24.4 Å². The number of nitrogens with zero attached hydrogens (tertiary/aromatic N) is 2. The molecule has 0 atom stereocenters. The van der Waals surface area contributed by atoms with Crippen LogP contribution in [0.4, 0.5) is 11.5 Å². The molecule has 0 saturated heterocycles. The summed E-state index contributed by atoms with van der Waals surface area (Å²) in [4.78, 5) is 7.84. The monoisotopic (exact) mass is 299 g/mol. The zero-order chi connectivity index (χ0) is 13.8. The van der Waals surface area contributed by atoms with Gasteiger partial charge in [0.15, 0.2) is 0 Å². The topological polar surface area (TPSA) is 56.3 Å². The van der Waals surface area contributed by atoms with Crippen LogP contribution in [-0.4, -0.2) is 24.2 Å². The quantitative estimate of drug-likeness (QED) is 0.875. The highest BCUT2D eigenvalue weighted by Crippen LogP contribution is 2.37. The standard InChI is InChI=1S/C12H11Cl2N3O2/c1-18-9-6-8(10(19-2)5-7(9)13)16-11-3-4-15-12(14)17-11/h3-6H,1-2H3,(H,15,16,17). The van der Waals surface area contributed by atoms with Gasteiger partial charge in [0.2, 0.25) is 5.28 Å². The van der Waals surface area contributed by atoms with Crippen molar-refractivity contribution in [3.05, 3.63) is 34.7 Å². The number of aromatic nitrogens is 2. The summed E-state index contributed by atoms with van der Waals surface area (Å²) in [7, 11) is 3.09. The van der Waals surface area contributed by atoms with E-state index in [2.05, 4.69) is 15.3 Å². The van der Waals surface area contributed by atoms with Gasteiger partial charge in [-0.25, -0.2) is 9.97 Å². The van der Waals surface area contributed by atoms with Gasteiger partial charge in [-0.1, -0.05) is 11.6 Å².